The Morgan fingerprint density at radius 3 is 2.44 bits per heavy atom. The standard InChI is InChI=1S/C18H27F3N4O2/c1-4-13(5-2)11-25-16-22-14(23-6-8-27-9-7-23)10-15(26)24(16)12-17(25,3)18(19,20)21/h10,13H,4-9,11-12H2,1-3H3/t17-/m0/s1. The summed E-state index contributed by atoms with van der Waals surface area (Å²) in [6.45, 7) is 7.06. The fraction of sp³-hybridized carbons (Fsp3) is 0.778. The number of morpholine rings is 1. The highest BCUT2D eigenvalue weighted by molar-refractivity contribution is 5.50. The molecule has 0 saturated carbocycles. The molecule has 1 aromatic rings. The second-order valence-corrected chi connectivity index (χ2v) is 7.50. The molecule has 0 unspecified atom stereocenters. The van der Waals surface area contributed by atoms with E-state index in [1.807, 2.05) is 18.7 Å². The minimum atomic E-state index is -4.47. The Hall–Kier alpha value is -1.77. The molecule has 9 heteroatoms. The van der Waals surface area contributed by atoms with E-state index in [0.717, 1.165) is 19.8 Å². The number of alkyl halides is 3. The van der Waals surface area contributed by atoms with Gasteiger partial charge in [0.15, 0.2) is 5.54 Å². The fourth-order valence-corrected chi connectivity index (χ4v) is 3.74. The number of anilines is 2. The molecule has 2 aliphatic heterocycles. The largest absolute Gasteiger partial charge is 0.413 e. The van der Waals surface area contributed by atoms with Crippen molar-refractivity contribution < 1.29 is 17.9 Å². The van der Waals surface area contributed by atoms with Gasteiger partial charge in [-0.05, 0) is 12.8 Å². The first-order valence-corrected chi connectivity index (χ1v) is 9.50. The topological polar surface area (TPSA) is 50.6 Å². The predicted octanol–water partition coefficient (Wildman–Crippen LogP) is 2.66. The molecule has 0 radical (unpaired) electrons. The average Bonchev–Trinajstić information content (AvgIpc) is 2.94. The van der Waals surface area contributed by atoms with Crippen LogP contribution in [0.1, 0.15) is 33.6 Å². The van der Waals surface area contributed by atoms with Crippen LogP contribution in [0.3, 0.4) is 0 Å². The molecule has 1 aromatic heterocycles. The van der Waals surface area contributed by atoms with Crippen molar-refractivity contribution in [3.05, 3.63) is 16.4 Å². The van der Waals surface area contributed by atoms with Gasteiger partial charge < -0.3 is 14.5 Å². The van der Waals surface area contributed by atoms with Gasteiger partial charge in [0, 0.05) is 25.7 Å². The van der Waals surface area contributed by atoms with Gasteiger partial charge in [-0.2, -0.15) is 18.2 Å². The molecule has 0 N–H and O–H groups in total. The van der Waals surface area contributed by atoms with Crippen LogP contribution in [0, 0.1) is 5.92 Å². The number of hydrogen-bond acceptors (Lipinski definition) is 5. The lowest BCUT2D eigenvalue weighted by molar-refractivity contribution is -0.182. The molecule has 0 spiro atoms. The smallest absolute Gasteiger partial charge is 0.378 e. The molecular formula is C18H27F3N4O2. The summed E-state index contributed by atoms with van der Waals surface area (Å²) in [5, 5.41) is 0. The molecule has 152 valence electrons. The van der Waals surface area contributed by atoms with E-state index in [0.29, 0.717) is 32.1 Å². The predicted molar refractivity (Wildman–Crippen MR) is 97.4 cm³/mol. The van der Waals surface area contributed by atoms with Gasteiger partial charge in [-0.25, -0.2) is 0 Å². The molecule has 1 atom stereocenters. The number of hydrogen-bond donors (Lipinski definition) is 0. The summed E-state index contributed by atoms with van der Waals surface area (Å²) in [5.74, 6) is 0.647. The van der Waals surface area contributed by atoms with Crippen LogP contribution in [0.15, 0.2) is 10.9 Å². The molecule has 2 aliphatic rings. The minimum absolute atomic E-state index is 0.0992. The third kappa shape index (κ3) is 3.53. The molecule has 0 amide bonds. The number of aromatic nitrogens is 2. The van der Waals surface area contributed by atoms with E-state index in [9.17, 15) is 18.0 Å². The number of ether oxygens (including phenoxy) is 1. The maximum Gasteiger partial charge on any atom is 0.413 e. The Morgan fingerprint density at radius 1 is 1.26 bits per heavy atom. The molecule has 0 bridgehead atoms. The normalized spacial score (nSPS) is 23.2. The molecule has 27 heavy (non-hydrogen) atoms. The lowest BCUT2D eigenvalue weighted by Gasteiger charge is -2.38. The lowest BCUT2D eigenvalue weighted by atomic mass is 9.96. The van der Waals surface area contributed by atoms with Gasteiger partial charge in [0.1, 0.15) is 5.82 Å². The van der Waals surface area contributed by atoms with Crippen LogP contribution in [-0.2, 0) is 11.3 Å². The van der Waals surface area contributed by atoms with Crippen LogP contribution in [0.4, 0.5) is 24.9 Å². The highest BCUT2D eigenvalue weighted by atomic mass is 19.4. The Kier molecular flexibility index (Phi) is 5.42. The monoisotopic (exact) mass is 388 g/mol. The zero-order valence-corrected chi connectivity index (χ0v) is 16.1. The molecule has 0 aliphatic carbocycles. The zero-order chi connectivity index (χ0) is 19.8. The van der Waals surface area contributed by atoms with Gasteiger partial charge in [-0.15, -0.1) is 0 Å². The van der Waals surface area contributed by atoms with Crippen LogP contribution < -0.4 is 15.4 Å². The highest BCUT2D eigenvalue weighted by Gasteiger charge is 2.60. The number of nitrogens with zero attached hydrogens (tertiary/aromatic N) is 4. The summed E-state index contributed by atoms with van der Waals surface area (Å²) in [5.41, 5.74) is -2.58. The van der Waals surface area contributed by atoms with Gasteiger partial charge in [-0.1, -0.05) is 26.7 Å². The Balaban J connectivity index is 2.06. The van der Waals surface area contributed by atoms with Crippen molar-refractivity contribution in [2.45, 2.75) is 51.9 Å². The van der Waals surface area contributed by atoms with Crippen LogP contribution in [0.5, 0.6) is 0 Å². The van der Waals surface area contributed by atoms with Crippen LogP contribution in [0.2, 0.25) is 0 Å². The average molecular weight is 388 g/mol. The SMILES string of the molecule is CCC(CC)CN1c2nc(N3CCOCC3)cc(=O)n2C[C@@]1(C)C(F)(F)F. The highest BCUT2D eigenvalue weighted by Crippen LogP contribution is 2.44. The Morgan fingerprint density at radius 2 is 1.89 bits per heavy atom. The third-order valence-corrected chi connectivity index (χ3v) is 5.82. The molecule has 3 rings (SSSR count). The molecule has 0 aromatic carbocycles. The van der Waals surface area contributed by atoms with Gasteiger partial charge in [0.05, 0.1) is 19.8 Å². The Labute approximate surface area is 156 Å². The molecule has 6 nitrogen and oxygen atoms in total. The van der Waals surface area contributed by atoms with Gasteiger partial charge in [0.2, 0.25) is 5.95 Å². The van der Waals surface area contributed by atoms with Crippen molar-refractivity contribution in [3.63, 3.8) is 0 Å². The van der Waals surface area contributed by atoms with E-state index >= 15 is 0 Å². The van der Waals surface area contributed by atoms with Crippen LogP contribution >= 0.6 is 0 Å². The summed E-state index contributed by atoms with van der Waals surface area (Å²) in [4.78, 5) is 20.3. The summed E-state index contributed by atoms with van der Waals surface area (Å²) < 4.78 is 48.5. The number of halogens is 3. The molecule has 3 heterocycles. The number of fused-ring (bicyclic) bond motifs is 1. The number of rotatable bonds is 5. The van der Waals surface area contributed by atoms with Crippen molar-refractivity contribution in [2.75, 3.05) is 42.6 Å². The molecular weight excluding hydrogens is 361 g/mol. The van der Waals surface area contributed by atoms with Crippen molar-refractivity contribution in [1.82, 2.24) is 9.55 Å². The third-order valence-electron chi connectivity index (χ3n) is 5.82. The van der Waals surface area contributed by atoms with Gasteiger partial charge in [0.25, 0.3) is 5.56 Å². The van der Waals surface area contributed by atoms with E-state index < -0.39 is 23.8 Å². The quantitative estimate of drug-likeness (QED) is 0.776. The first-order valence-electron chi connectivity index (χ1n) is 9.50. The van der Waals surface area contributed by atoms with Gasteiger partial charge in [-0.3, -0.25) is 9.36 Å². The molecule has 1 fully saturated rings. The van der Waals surface area contributed by atoms with E-state index in [4.69, 9.17) is 4.74 Å². The lowest BCUT2D eigenvalue weighted by Crippen LogP contribution is -2.57. The van der Waals surface area contributed by atoms with Crippen molar-refractivity contribution in [3.8, 4) is 0 Å². The summed E-state index contributed by atoms with van der Waals surface area (Å²) >= 11 is 0. The van der Waals surface area contributed by atoms with E-state index in [1.165, 1.54) is 15.5 Å². The van der Waals surface area contributed by atoms with Crippen molar-refractivity contribution in [1.29, 1.82) is 0 Å². The van der Waals surface area contributed by atoms with Crippen LogP contribution in [-0.4, -0.2) is 54.1 Å². The Bertz CT molecular complexity index is 726. The summed E-state index contributed by atoms with van der Waals surface area (Å²) in [6, 6.07) is 1.34. The first kappa shape index (κ1) is 20.0. The maximum absolute atomic E-state index is 14.0. The van der Waals surface area contributed by atoms with Crippen molar-refractivity contribution >= 4 is 11.8 Å². The van der Waals surface area contributed by atoms with Crippen LogP contribution in [0.25, 0.3) is 0 Å². The second kappa shape index (κ2) is 7.33. The summed E-state index contributed by atoms with van der Waals surface area (Å²) in [6.07, 6.45) is -2.93. The second-order valence-electron chi connectivity index (χ2n) is 7.50. The van der Waals surface area contributed by atoms with E-state index in [1.54, 1.807) is 0 Å². The van der Waals surface area contributed by atoms with E-state index in [2.05, 4.69) is 4.98 Å². The maximum atomic E-state index is 14.0. The molecule has 1 saturated heterocycles. The zero-order valence-electron chi connectivity index (χ0n) is 16.1. The summed E-state index contributed by atoms with van der Waals surface area (Å²) in [7, 11) is 0. The van der Waals surface area contributed by atoms with E-state index in [-0.39, 0.29) is 18.4 Å². The first-order chi connectivity index (χ1) is 12.7. The minimum Gasteiger partial charge on any atom is -0.378 e. The fourth-order valence-electron chi connectivity index (χ4n) is 3.74. The van der Waals surface area contributed by atoms with Gasteiger partial charge >= 0.3 is 6.18 Å². The van der Waals surface area contributed by atoms with Crippen molar-refractivity contribution in [2.24, 2.45) is 5.92 Å².